The molecule has 0 aromatic heterocycles. The lowest BCUT2D eigenvalue weighted by Gasteiger charge is -2.32. The van der Waals surface area contributed by atoms with Crippen LogP contribution in [-0.2, 0) is 0 Å². The van der Waals surface area contributed by atoms with Crippen LogP contribution in [0.4, 0.5) is 5.69 Å². The average Bonchev–Trinajstić information content (AvgIpc) is 2.53. The lowest BCUT2D eigenvalue weighted by molar-refractivity contribution is 0.0475. The van der Waals surface area contributed by atoms with Gasteiger partial charge in [-0.1, -0.05) is 13.0 Å². The summed E-state index contributed by atoms with van der Waals surface area (Å²) in [5.74, 6) is -0.529. The Bertz CT molecular complexity index is 506. The van der Waals surface area contributed by atoms with Gasteiger partial charge < -0.3 is 5.73 Å². The minimum atomic E-state index is -0.486. The predicted octanol–water partition coefficient (Wildman–Crippen LogP) is 2.05. The SMILES string of the molecule is CCC(C)(C)N1C(=O)c2cccc(N)c2C1=O. The first-order valence-electron chi connectivity index (χ1n) is 5.67. The van der Waals surface area contributed by atoms with E-state index < -0.39 is 5.54 Å². The number of nitrogen functional groups attached to an aromatic ring is 1. The highest BCUT2D eigenvalue weighted by atomic mass is 16.2. The van der Waals surface area contributed by atoms with Crippen molar-refractivity contribution in [3.63, 3.8) is 0 Å². The Morgan fingerprint density at radius 2 is 1.88 bits per heavy atom. The summed E-state index contributed by atoms with van der Waals surface area (Å²) in [5.41, 5.74) is 6.42. The van der Waals surface area contributed by atoms with E-state index in [1.165, 1.54) is 4.90 Å². The monoisotopic (exact) mass is 232 g/mol. The van der Waals surface area contributed by atoms with E-state index in [2.05, 4.69) is 0 Å². The number of hydrogen-bond donors (Lipinski definition) is 1. The molecule has 0 aliphatic carbocycles. The van der Waals surface area contributed by atoms with E-state index in [1.54, 1.807) is 18.2 Å². The van der Waals surface area contributed by atoms with E-state index in [-0.39, 0.29) is 11.8 Å². The van der Waals surface area contributed by atoms with Crippen molar-refractivity contribution in [1.82, 2.24) is 4.90 Å². The third-order valence-corrected chi connectivity index (χ3v) is 3.42. The zero-order valence-corrected chi connectivity index (χ0v) is 10.3. The van der Waals surface area contributed by atoms with Crippen molar-refractivity contribution in [3.8, 4) is 0 Å². The Morgan fingerprint density at radius 3 is 2.41 bits per heavy atom. The first kappa shape index (κ1) is 11.6. The third-order valence-electron chi connectivity index (χ3n) is 3.42. The quantitative estimate of drug-likeness (QED) is 0.627. The van der Waals surface area contributed by atoms with Crippen LogP contribution in [0, 0.1) is 0 Å². The van der Waals surface area contributed by atoms with Gasteiger partial charge in [-0.2, -0.15) is 0 Å². The van der Waals surface area contributed by atoms with Crippen LogP contribution in [0.5, 0.6) is 0 Å². The number of imide groups is 1. The molecule has 0 fully saturated rings. The zero-order chi connectivity index (χ0) is 12.8. The van der Waals surface area contributed by atoms with E-state index in [4.69, 9.17) is 5.73 Å². The highest BCUT2D eigenvalue weighted by molar-refractivity contribution is 6.24. The molecule has 1 aliphatic rings. The highest BCUT2D eigenvalue weighted by Gasteiger charge is 2.43. The Hall–Kier alpha value is -1.84. The second-order valence-corrected chi connectivity index (χ2v) is 4.88. The molecule has 1 heterocycles. The summed E-state index contributed by atoms with van der Waals surface area (Å²) < 4.78 is 0. The van der Waals surface area contributed by atoms with Gasteiger partial charge in [0.1, 0.15) is 0 Å². The summed E-state index contributed by atoms with van der Waals surface area (Å²) in [4.78, 5) is 25.8. The Labute approximate surface area is 100 Å². The minimum absolute atomic E-state index is 0.246. The number of amides is 2. The number of benzene rings is 1. The number of rotatable bonds is 2. The fourth-order valence-corrected chi connectivity index (χ4v) is 2.02. The molecule has 0 spiro atoms. The van der Waals surface area contributed by atoms with Crippen molar-refractivity contribution >= 4 is 17.5 Å². The minimum Gasteiger partial charge on any atom is -0.398 e. The summed E-state index contributed by atoms with van der Waals surface area (Å²) >= 11 is 0. The molecule has 4 heteroatoms. The second kappa shape index (κ2) is 3.58. The fourth-order valence-electron chi connectivity index (χ4n) is 2.02. The number of nitrogens with zero attached hydrogens (tertiary/aromatic N) is 1. The fraction of sp³-hybridized carbons (Fsp3) is 0.385. The Balaban J connectivity index is 2.57. The topological polar surface area (TPSA) is 63.4 Å². The van der Waals surface area contributed by atoms with Crippen molar-refractivity contribution in [2.45, 2.75) is 32.7 Å². The van der Waals surface area contributed by atoms with Gasteiger partial charge in [0.25, 0.3) is 11.8 Å². The van der Waals surface area contributed by atoms with Crippen LogP contribution in [0.15, 0.2) is 18.2 Å². The number of fused-ring (bicyclic) bond motifs is 1. The summed E-state index contributed by atoms with van der Waals surface area (Å²) in [5, 5.41) is 0. The van der Waals surface area contributed by atoms with Gasteiger partial charge in [-0.05, 0) is 32.4 Å². The molecule has 2 N–H and O–H groups in total. The van der Waals surface area contributed by atoms with E-state index in [0.29, 0.717) is 23.2 Å². The molecule has 1 aliphatic heterocycles. The normalized spacial score (nSPS) is 15.4. The molecule has 17 heavy (non-hydrogen) atoms. The molecule has 0 unspecified atom stereocenters. The standard InChI is InChI=1S/C13H16N2O2/c1-4-13(2,3)15-11(16)8-6-5-7-9(14)10(8)12(15)17/h5-7H,4,14H2,1-3H3. The molecule has 0 saturated carbocycles. The van der Waals surface area contributed by atoms with Crippen molar-refractivity contribution in [1.29, 1.82) is 0 Å². The van der Waals surface area contributed by atoms with E-state index in [1.807, 2.05) is 20.8 Å². The molecule has 1 aromatic rings. The molecule has 0 radical (unpaired) electrons. The molecule has 0 atom stereocenters. The summed E-state index contributed by atoms with van der Waals surface area (Å²) in [6.45, 7) is 5.71. The zero-order valence-electron chi connectivity index (χ0n) is 10.3. The van der Waals surface area contributed by atoms with Crippen molar-refractivity contribution in [2.75, 3.05) is 5.73 Å². The first-order chi connectivity index (χ1) is 7.90. The van der Waals surface area contributed by atoms with Gasteiger partial charge in [-0.3, -0.25) is 14.5 Å². The number of anilines is 1. The molecule has 1 aromatic carbocycles. The maximum absolute atomic E-state index is 12.3. The van der Waals surface area contributed by atoms with Gasteiger partial charge in [0.2, 0.25) is 0 Å². The Morgan fingerprint density at radius 1 is 1.24 bits per heavy atom. The number of carbonyl (C=O) groups is 2. The van der Waals surface area contributed by atoms with Gasteiger partial charge in [0, 0.05) is 11.2 Å². The van der Waals surface area contributed by atoms with E-state index >= 15 is 0 Å². The van der Waals surface area contributed by atoms with Crippen molar-refractivity contribution in [3.05, 3.63) is 29.3 Å². The van der Waals surface area contributed by atoms with Crippen molar-refractivity contribution in [2.24, 2.45) is 0 Å². The van der Waals surface area contributed by atoms with Gasteiger partial charge in [-0.25, -0.2) is 0 Å². The first-order valence-corrected chi connectivity index (χ1v) is 5.67. The van der Waals surface area contributed by atoms with Gasteiger partial charge in [-0.15, -0.1) is 0 Å². The van der Waals surface area contributed by atoms with Crippen molar-refractivity contribution < 1.29 is 9.59 Å². The summed E-state index contributed by atoms with van der Waals surface area (Å²) in [7, 11) is 0. The smallest absolute Gasteiger partial charge is 0.264 e. The van der Waals surface area contributed by atoms with Crippen LogP contribution in [0.1, 0.15) is 47.9 Å². The molecule has 4 nitrogen and oxygen atoms in total. The molecular weight excluding hydrogens is 216 g/mol. The number of nitrogens with two attached hydrogens (primary N) is 1. The highest BCUT2D eigenvalue weighted by Crippen LogP contribution is 2.33. The molecular formula is C13H16N2O2. The van der Waals surface area contributed by atoms with Gasteiger partial charge >= 0.3 is 0 Å². The molecule has 90 valence electrons. The molecule has 0 bridgehead atoms. The van der Waals surface area contributed by atoms with Crippen LogP contribution >= 0.6 is 0 Å². The second-order valence-electron chi connectivity index (χ2n) is 4.88. The van der Waals surface area contributed by atoms with E-state index in [9.17, 15) is 9.59 Å². The van der Waals surface area contributed by atoms with Gasteiger partial charge in [0.05, 0.1) is 11.1 Å². The van der Waals surface area contributed by atoms with Crippen LogP contribution in [-0.4, -0.2) is 22.3 Å². The van der Waals surface area contributed by atoms with Gasteiger partial charge in [0.15, 0.2) is 0 Å². The van der Waals surface area contributed by atoms with E-state index in [0.717, 1.165) is 0 Å². The van der Waals surface area contributed by atoms with Crippen LogP contribution < -0.4 is 5.73 Å². The third kappa shape index (κ3) is 1.52. The average molecular weight is 232 g/mol. The molecule has 2 amide bonds. The largest absolute Gasteiger partial charge is 0.398 e. The lowest BCUT2D eigenvalue weighted by atomic mass is 9.99. The maximum Gasteiger partial charge on any atom is 0.264 e. The number of hydrogen-bond acceptors (Lipinski definition) is 3. The molecule has 0 saturated heterocycles. The summed E-state index contributed by atoms with van der Waals surface area (Å²) in [6, 6.07) is 4.99. The Kier molecular flexibility index (Phi) is 2.45. The maximum atomic E-state index is 12.3. The predicted molar refractivity (Wildman–Crippen MR) is 65.7 cm³/mol. The van der Waals surface area contributed by atoms with Crippen LogP contribution in [0.25, 0.3) is 0 Å². The molecule has 2 rings (SSSR count). The van der Waals surface area contributed by atoms with Crippen LogP contribution in [0.3, 0.4) is 0 Å². The summed E-state index contributed by atoms with van der Waals surface area (Å²) in [6.07, 6.45) is 0.707. The lowest BCUT2D eigenvalue weighted by Crippen LogP contribution is -2.47. The van der Waals surface area contributed by atoms with Crippen LogP contribution in [0.2, 0.25) is 0 Å². The number of carbonyl (C=O) groups excluding carboxylic acids is 2.